The van der Waals surface area contributed by atoms with Crippen molar-refractivity contribution in [1.29, 1.82) is 0 Å². The van der Waals surface area contributed by atoms with Crippen molar-refractivity contribution in [3.8, 4) is 0 Å². The maximum Gasteiger partial charge on any atom is 0.158 e. The zero-order valence-electron chi connectivity index (χ0n) is 6.75. The minimum atomic E-state index is 0.969. The fraction of sp³-hybridized carbons (Fsp3) is 0.0833. The van der Waals surface area contributed by atoms with Gasteiger partial charge in [0.05, 0.1) is 11.6 Å². The van der Waals surface area contributed by atoms with Gasteiger partial charge in [-0.15, -0.1) is 0 Å². The first-order chi connectivity index (χ1) is 5.97. The maximum absolute atomic E-state index is 3.21. The smallest absolute Gasteiger partial charge is 0.0694 e. The predicted octanol–water partition coefficient (Wildman–Crippen LogP) is 2.88. The molecule has 2 aliphatic rings. The Bertz CT molecular complexity index is 353. The molecule has 0 heteroatoms. The van der Waals surface area contributed by atoms with Crippen LogP contribution in [0, 0.1) is 6.08 Å². The first kappa shape index (κ1) is 7.06. The van der Waals surface area contributed by atoms with Gasteiger partial charge in [0, 0.05) is 30.7 Å². The molecule has 0 saturated heterocycles. The van der Waals surface area contributed by atoms with Gasteiger partial charge < -0.3 is 0 Å². The van der Waals surface area contributed by atoms with Crippen molar-refractivity contribution < 1.29 is 0 Å². The number of hydrogen-bond donors (Lipinski definition) is 0. The molecule has 0 unspecified atom stereocenters. The second-order valence-electron chi connectivity index (χ2n) is 2.70. The molecule has 12 heavy (non-hydrogen) atoms. The molecule has 0 nitrogen and oxygen atoms in total. The van der Waals surface area contributed by atoms with Crippen LogP contribution < -0.4 is 0 Å². The second kappa shape index (κ2) is 3.19. The molecular weight excluding hydrogens is 144 g/mol. The van der Waals surface area contributed by atoms with Gasteiger partial charge >= 0.3 is 0 Å². The molecule has 0 spiro atoms. The van der Waals surface area contributed by atoms with Crippen molar-refractivity contribution in [2.45, 2.75) is 6.42 Å². The van der Waals surface area contributed by atoms with Crippen molar-refractivity contribution in [3.63, 3.8) is 0 Å². The van der Waals surface area contributed by atoms with E-state index in [1.54, 1.807) is 0 Å². The molecule has 0 aromatic heterocycles. The van der Waals surface area contributed by atoms with E-state index in [2.05, 4.69) is 24.0 Å². The highest BCUT2D eigenvalue weighted by Crippen LogP contribution is 2.18. The molecule has 0 bridgehead atoms. The Hall–Kier alpha value is -1.61. The summed E-state index contributed by atoms with van der Waals surface area (Å²) in [5.41, 5.74) is 5.58. The summed E-state index contributed by atoms with van der Waals surface area (Å²) in [4.78, 5) is 0. The Kier molecular flexibility index (Phi) is 1.88. The van der Waals surface area contributed by atoms with Crippen LogP contribution in [0.15, 0.2) is 59.4 Å². The Balaban J connectivity index is 2.32. The first-order valence-corrected chi connectivity index (χ1v) is 4.04. The monoisotopic (exact) mass is 153 g/mol. The first-order valence-electron chi connectivity index (χ1n) is 4.04. The Morgan fingerprint density at radius 2 is 2.25 bits per heavy atom. The summed E-state index contributed by atoms with van der Waals surface area (Å²) in [7, 11) is 0. The van der Waals surface area contributed by atoms with Crippen LogP contribution in [-0.2, 0) is 0 Å². The lowest BCUT2D eigenvalue weighted by Crippen LogP contribution is -1.88. The van der Waals surface area contributed by atoms with E-state index in [0.29, 0.717) is 0 Å². The van der Waals surface area contributed by atoms with Crippen molar-refractivity contribution in [3.05, 3.63) is 65.5 Å². The van der Waals surface area contributed by atoms with Crippen LogP contribution in [0.1, 0.15) is 6.42 Å². The van der Waals surface area contributed by atoms with Gasteiger partial charge in [-0.05, 0) is 6.08 Å². The molecule has 0 saturated carbocycles. The second-order valence-corrected chi connectivity index (χ2v) is 2.70. The van der Waals surface area contributed by atoms with Crippen LogP contribution in [0.25, 0.3) is 0 Å². The van der Waals surface area contributed by atoms with E-state index < -0.39 is 0 Å². The van der Waals surface area contributed by atoms with Crippen LogP contribution in [-0.4, -0.2) is 0 Å². The van der Waals surface area contributed by atoms with E-state index in [4.69, 9.17) is 0 Å². The minimum Gasteiger partial charge on any atom is -0.0694 e. The van der Waals surface area contributed by atoms with E-state index in [1.807, 2.05) is 30.4 Å². The molecule has 0 aromatic rings. The molecule has 2 aliphatic carbocycles. The normalized spacial score (nSPS) is 18.7. The van der Waals surface area contributed by atoms with Crippen molar-refractivity contribution >= 4 is 0 Å². The summed E-state index contributed by atoms with van der Waals surface area (Å²) < 4.78 is 0. The topological polar surface area (TPSA) is 0 Å². The van der Waals surface area contributed by atoms with Gasteiger partial charge in [-0.3, -0.25) is 0 Å². The third kappa shape index (κ3) is 1.35. The molecule has 56 valence electrons. The van der Waals surface area contributed by atoms with Crippen LogP contribution in [0.3, 0.4) is 0 Å². The quantitative estimate of drug-likeness (QED) is 0.401. The molecule has 0 atom stereocenters. The molecule has 0 aromatic carbocycles. The Labute approximate surface area is 72.6 Å². The van der Waals surface area contributed by atoms with Gasteiger partial charge in [0.15, 0.2) is 5.57 Å². The van der Waals surface area contributed by atoms with Gasteiger partial charge in [0.2, 0.25) is 0 Å². The van der Waals surface area contributed by atoms with Gasteiger partial charge in [-0.2, -0.15) is 0 Å². The van der Waals surface area contributed by atoms with Crippen molar-refractivity contribution in [1.82, 2.24) is 0 Å². The molecule has 2 rings (SSSR count). The summed E-state index contributed by atoms with van der Waals surface area (Å²) >= 11 is 0. The fourth-order valence-corrected chi connectivity index (χ4v) is 1.23. The lowest BCUT2D eigenvalue weighted by atomic mass is 9.99. The number of allylic oxidation sites excluding steroid dienone is 9. The van der Waals surface area contributed by atoms with Gasteiger partial charge in [0.25, 0.3) is 0 Å². The number of rotatable bonds is 1. The molecule has 0 fully saturated rings. The highest BCUT2D eigenvalue weighted by Gasteiger charge is 2.10. The zero-order valence-corrected chi connectivity index (χ0v) is 6.75. The average molecular weight is 153 g/mol. The molecule has 0 heterocycles. The van der Waals surface area contributed by atoms with Crippen LogP contribution in [0.2, 0.25) is 0 Å². The van der Waals surface area contributed by atoms with E-state index in [-0.39, 0.29) is 0 Å². The van der Waals surface area contributed by atoms with Crippen LogP contribution in [0.5, 0.6) is 0 Å². The van der Waals surface area contributed by atoms with Gasteiger partial charge in [-0.1, -0.05) is 17.9 Å². The molecule has 0 radical (unpaired) electrons. The Morgan fingerprint density at radius 3 is 2.92 bits per heavy atom. The standard InChI is InChI=1S/C12H9/c1-3-7-11(8-4-1)12-9-5-2-6-10-12/h1-7H,9H2/q+1. The maximum atomic E-state index is 3.21. The van der Waals surface area contributed by atoms with E-state index >= 15 is 0 Å². The van der Waals surface area contributed by atoms with Crippen LogP contribution in [0.4, 0.5) is 0 Å². The summed E-state index contributed by atoms with van der Waals surface area (Å²) in [5.74, 6) is 0. The largest absolute Gasteiger partial charge is 0.158 e. The zero-order chi connectivity index (χ0) is 8.23. The lowest BCUT2D eigenvalue weighted by Gasteiger charge is -1.97. The number of hydrogen-bond acceptors (Lipinski definition) is 0. The molecule has 0 N–H and O–H groups in total. The van der Waals surface area contributed by atoms with Crippen molar-refractivity contribution in [2.24, 2.45) is 0 Å². The predicted molar refractivity (Wildman–Crippen MR) is 50.4 cm³/mol. The highest BCUT2D eigenvalue weighted by atomic mass is 14.0. The minimum absolute atomic E-state index is 0.969. The van der Waals surface area contributed by atoms with E-state index in [1.165, 1.54) is 5.57 Å². The summed E-state index contributed by atoms with van der Waals surface area (Å²) in [5, 5.41) is 0. The van der Waals surface area contributed by atoms with E-state index in [0.717, 1.165) is 12.0 Å². The summed E-state index contributed by atoms with van der Waals surface area (Å²) in [6, 6.07) is 0. The average Bonchev–Trinajstić information content (AvgIpc) is 2.21. The highest BCUT2D eigenvalue weighted by molar-refractivity contribution is 5.44. The molecule has 0 aliphatic heterocycles. The van der Waals surface area contributed by atoms with Gasteiger partial charge in [-0.25, -0.2) is 0 Å². The van der Waals surface area contributed by atoms with Crippen molar-refractivity contribution in [2.75, 3.05) is 0 Å². The summed E-state index contributed by atoms with van der Waals surface area (Å²) in [6.45, 7) is 0. The Morgan fingerprint density at radius 1 is 1.25 bits per heavy atom. The fourth-order valence-electron chi connectivity index (χ4n) is 1.23. The SMILES string of the molecule is C1=CC=CCC=1C1=CC=CC=[C+]1. The molecular formula is C12H9+. The molecule has 0 amide bonds. The van der Waals surface area contributed by atoms with Crippen LogP contribution >= 0.6 is 0 Å². The van der Waals surface area contributed by atoms with E-state index in [9.17, 15) is 0 Å². The summed E-state index contributed by atoms with van der Waals surface area (Å²) in [6.07, 6.45) is 18.3. The third-order valence-electron chi connectivity index (χ3n) is 1.85. The van der Waals surface area contributed by atoms with Gasteiger partial charge in [0.1, 0.15) is 0 Å². The lowest BCUT2D eigenvalue weighted by molar-refractivity contribution is 1.22. The third-order valence-corrected chi connectivity index (χ3v) is 1.85.